The number of fused-ring (bicyclic) bond motifs is 1. The van der Waals surface area contributed by atoms with Gasteiger partial charge in [-0.05, 0) is 26.0 Å². The van der Waals surface area contributed by atoms with Crippen LogP contribution in [0.15, 0.2) is 24.3 Å². The van der Waals surface area contributed by atoms with E-state index in [-0.39, 0.29) is 5.54 Å². The molecule has 0 radical (unpaired) electrons. The van der Waals surface area contributed by atoms with Gasteiger partial charge in [0.05, 0.1) is 23.2 Å². The van der Waals surface area contributed by atoms with Crippen LogP contribution in [-0.4, -0.2) is 29.2 Å². The first-order chi connectivity index (χ1) is 8.52. The number of methoxy groups -OCH3 is 1. The van der Waals surface area contributed by atoms with Crippen molar-refractivity contribution < 1.29 is 4.74 Å². The topological polar surface area (TPSA) is 73.1 Å². The standard InChI is InChI=1S/C13H18N4O/c1-13(2,8-18-3)17-12-11(14)15-9-6-4-5-7-10(9)16-12/h4-7H,8H2,1-3H3,(H2,14,15)(H,16,17). The highest BCUT2D eigenvalue weighted by Crippen LogP contribution is 2.21. The molecule has 0 saturated heterocycles. The van der Waals surface area contributed by atoms with Crippen LogP contribution in [0.3, 0.4) is 0 Å². The molecular formula is C13H18N4O. The second-order valence-electron chi connectivity index (χ2n) is 4.89. The number of aromatic nitrogens is 2. The van der Waals surface area contributed by atoms with Crippen molar-refractivity contribution >= 4 is 22.7 Å². The Morgan fingerprint density at radius 3 is 2.44 bits per heavy atom. The van der Waals surface area contributed by atoms with Crippen LogP contribution < -0.4 is 11.1 Å². The van der Waals surface area contributed by atoms with Crippen molar-refractivity contribution in [2.45, 2.75) is 19.4 Å². The summed E-state index contributed by atoms with van der Waals surface area (Å²) in [4.78, 5) is 8.82. The lowest BCUT2D eigenvalue weighted by Gasteiger charge is -2.26. The second kappa shape index (κ2) is 4.78. The molecule has 0 saturated carbocycles. The van der Waals surface area contributed by atoms with Gasteiger partial charge in [-0.3, -0.25) is 0 Å². The molecule has 2 rings (SSSR count). The average Bonchev–Trinajstić information content (AvgIpc) is 2.29. The van der Waals surface area contributed by atoms with E-state index in [4.69, 9.17) is 10.5 Å². The van der Waals surface area contributed by atoms with Crippen molar-refractivity contribution in [3.63, 3.8) is 0 Å². The van der Waals surface area contributed by atoms with E-state index in [1.54, 1.807) is 7.11 Å². The number of nitrogens with one attached hydrogen (secondary N) is 1. The lowest BCUT2D eigenvalue weighted by atomic mass is 10.1. The third-order valence-corrected chi connectivity index (χ3v) is 2.56. The van der Waals surface area contributed by atoms with Gasteiger partial charge in [-0.2, -0.15) is 0 Å². The first-order valence-electron chi connectivity index (χ1n) is 5.81. The van der Waals surface area contributed by atoms with Crippen LogP contribution in [0, 0.1) is 0 Å². The van der Waals surface area contributed by atoms with Crippen LogP contribution in [0.1, 0.15) is 13.8 Å². The maximum absolute atomic E-state index is 5.91. The van der Waals surface area contributed by atoms with Crippen molar-refractivity contribution in [1.29, 1.82) is 0 Å². The molecule has 0 aliphatic heterocycles. The van der Waals surface area contributed by atoms with Crippen LogP contribution in [0.4, 0.5) is 11.6 Å². The van der Waals surface area contributed by atoms with Gasteiger partial charge in [-0.25, -0.2) is 9.97 Å². The Morgan fingerprint density at radius 1 is 1.22 bits per heavy atom. The van der Waals surface area contributed by atoms with Crippen molar-refractivity contribution in [3.05, 3.63) is 24.3 Å². The molecule has 0 unspecified atom stereocenters. The summed E-state index contributed by atoms with van der Waals surface area (Å²) in [5.41, 5.74) is 7.28. The predicted molar refractivity (Wildman–Crippen MR) is 73.5 cm³/mol. The van der Waals surface area contributed by atoms with Gasteiger partial charge in [0.2, 0.25) is 0 Å². The van der Waals surface area contributed by atoms with E-state index in [0.29, 0.717) is 18.2 Å². The second-order valence-corrected chi connectivity index (χ2v) is 4.89. The highest BCUT2D eigenvalue weighted by molar-refractivity contribution is 5.79. The third kappa shape index (κ3) is 2.68. The van der Waals surface area contributed by atoms with E-state index in [1.807, 2.05) is 38.1 Å². The normalized spacial score (nSPS) is 11.7. The van der Waals surface area contributed by atoms with Gasteiger partial charge >= 0.3 is 0 Å². The Kier molecular flexibility index (Phi) is 3.34. The van der Waals surface area contributed by atoms with Gasteiger partial charge < -0.3 is 15.8 Å². The van der Waals surface area contributed by atoms with E-state index < -0.39 is 0 Å². The number of nitrogen functional groups attached to an aromatic ring is 1. The summed E-state index contributed by atoms with van der Waals surface area (Å²) < 4.78 is 5.15. The Bertz CT molecular complexity index is 554. The summed E-state index contributed by atoms with van der Waals surface area (Å²) in [5, 5.41) is 3.26. The molecule has 0 atom stereocenters. The molecule has 5 heteroatoms. The predicted octanol–water partition coefficient (Wildman–Crippen LogP) is 2.05. The highest BCUT2D eigenvalue weighted by Gasteiger charge is 2.19. The first kappa shape index (κ1) is 12.6. The third-order valence-electron chi connectivity index (χ3n) is 2.56. The molecule has 0 bridgehead atoms. The molecule has 18 heavy (non-hydrogen) atoms. The first-order valence-corrected chi connectivity index (χ1v) is 5.81. The fourth-order valence-corrected chi connectivity index (χ4v) is 1.82. The molecule has 1 aromatic heterocycles. The molecule has 2 aromatic rings. The summed E-state index contributed by atoms with van der Waals surface area (Å²) in [6.45, 7) is 4.60. The van der Waals surface area contributed by atoms with Crippen LogP contribution in [0.2, 0.25) is 0 Å². The van der Waals surface area contributed by atoms with Crippen molar-refractivity contribution in [1.82, 2.24) is 9.97 Å². The summed E-state index contributed by atoms with van der Waals surface area (Å²) >= 11 is 0. The molecule has 0 amide bonds. The summed E-state index contributed by atoms with van der Waals surface area (Å²) in [5.74, 6) is 0.994. The number of nitrogens with two attached hydrogens (primary N) is 1. The molecule has 5 nitrogen and oxygen atoms in total. The maximum Gasteiger partial charge on any atom is 0.170 e. The summed E-state index contributed by atoms with van der Waals surface area (Å²) in [7, 11) is 1.67. The fourth-order valence-electron chi connectivity index (χ4n) is 1.82. The summed E-state index contributed by atoms with van der Waals surface area (Å²) in [6, 6.07) is 7.65. The largest absolute Gasteiger partial charge is 0.382 e. The minimum absolute atomic E-state index is 0.250. The van der Waals surface area contributed by atoms with Gasteiger partial charge in [0, 0.05) is 7.11 Å². The summed E-state index contributed by atoms with van der Waals surface area (Å²) in [6.07, 6.45) is 0. The average molecular weight is 246 g/mol. The Labute approximate surface area is 106 Å². The molecule has 3 N–H and O–H groups in total. The van der Waals surface area contributed by atoms with Crippen molar-refractivity contribution in [3.8, 4) is 0 Å². The molecule has 0 aliphatic rings. The fraction of sp³-hybridized carbons (Fsp3) is 0.385. The zero-order valence-corrected chi connectivity index (χ0v) is 10.9. The van der Waals surface area contributed by atoms with Gasteiger partial charge in [-0.1, -0.05) is 12.1 Å². The Hall–Kier alpha value is -1.88. The van der Waals surface area contributed by atoms with E-state index in [1.165, 1.54) is 0 Å². The van der Waals surface area contributed by atoms with E-state index >= 15 is 0 Å². The molecule has 96 valence electrons. The smallest absolute Gasteiger partial charge is 0.170 e. The zero-order chi connectivity index (χ0) is 13.2. The van der Waals surface area contributed by atoms with Crippen LogP contribution in [0.5, 0.6) is 0 Å². The Balaban J connectivity index is 2.36. The molecule has 0 aliphatic carbocycles. The van der Waals surface area contributed by atoms with Crippen LogP contribution >= 0.6 is 0 Å². The van der Waals surface area contributed by atoms with Crippen LogP contribution in [0.25, 0.3) is 11.0 Å². The van der Waals surface area contributed by atoms with Gasteiger partial charge in [0.1, 0.15) is 0 Å². The van der Waals surface area contributed by atoms with Crippen LogP contribution in [-0.2, 0) is 4.74 Å². The zero-order valence-electron chi connectivity index (χ0n) is 10.9. The number of para-hydroxylation sites is 2. The number of ether oxygens (including phenoxy) is 1. The monoisotopic (exact) mass is 246 g/mol. The van der Waals surface area contributed by atoms with E-state index in [0.717, 1.165) is 11.0 Å². The maximum atomic E-state index is 5.91. The van der Waals surface area contributed by atoms with Gasteiger partial charge in [0.15, 0.2) is 11.6 Å². The number of hydrogen-bond donors (Lipinski definition) is 2. The minimum atomic E-state index is -0.250. The number of nitrogens with zero attached hydrogens (tertiary/aromatic N) is 2. The molecule has 0 fully saturated rings. The number of rotatable bonds is 4. The lowest BCUT2D eigenvalue weighted by Crippen LogP contribution is -2.36. The van der Waals surface area contributed by atoms with Gasteiger partial charge in [-0.15, -0.1) is 0 Å². The van der Waals surface area contributed by atoms with E-state index in [2.05, 4.69) is 15.3 Å². The lowest BCUT2D eigenvalue weighted by molar-refractivity contribution is 0.158. The highest BCUT2D eigenvalue weighted by atomic mass is 16.5. The van der Waals surface area contributed by atoms with Crippen molar-refractivity contribution in [2.24, 2.45) is 0 Å². The minimum Gasteiger partial charge on any atom is -0.382 e. The quantitative estimate of drug-likeness (QED) is 0.863. The molecule has 1 aromatic carbocycles. The molecular weight excluding hydrogens is 228 g/mol. The number of anilines is 2. The SMILES string of the molecule is COCC(C)(C)Nc1nc2ccccc2nc1N. The number of hydrogen-bond acceptors (Lipinski definition) is 5. The molecule has 1 heterocycles. The van der Waals surface area contributed by atoms with E-state index in [9.17, 15) is 0 Å². The molecule has 0 spiro atoms. The Morgan fingerprint density at radius 2 is 1.83 bits per heavy atom. The number of benzene rings is 1. The van der Waals surface area contributed by atoms with Gasteiger partial charge in [0.25, 0.3) is 0 Å². The van der Waals surface area contributed by atoms with Crippen molar-refractivity contribution in [2.75, 3.05) is 24.8 Å².